The number of hydrogen-bond donors (Lipinski definition) is 2. The molecule has 1 amide bonds. The van der Waals surface area contributed by atoms with Crippen molar-refractivity contribution in [3.63, 3.8) is 0 Å². The van der Waals surface area contributed by atoms with E-state index in [0.29, 0.717) is 23.5 Å². The van der Waals surface area contributed by atoms with Gasteiger partial charge in [-0.3, -0.25) is 9.36 Å². The highest BCUT2D eigenvalue weighted by molar-refractivity contribution is 5.84. The summed E-state index contributed by atoms with van der Waals surface area (Å²) in [6, 6.07) is 6.24. The number of para-hydroxylation sites is 2. The minimum Gasteiger partial charge on any atom is -0.346 e. The molecule has 7 heteroatoms. The van der Waals surface area contributed by atoms with Crippen LogP contribution in [0.5, 0.6) is 0 Å². The zero-order chi connectivity index (χ0) is 18.3. The summed E-state index contributed by atoms with van der Waals surface area (Å²) in [6.45, 7) is 0.554. The molecular formula is C19H24F2N4O. The number of fused-ring (bicyclic) bond motifs is 2. The van der Waals surface area contributed by atoms with Crippen molar-refractivity contribution in [3.8, 4) is 0 Å². The number of carbonyl (C=O) groups is 1. The maximum absolute atomic E-state index is 13.7. The van der Waals surface area contributed by atoms with E-state index >= 15 is 0 Å². The highest BCUT2D eigenvalue weighted by Gasteiger charge is 2.50. The second-order valence-corrected chi connectivity index (χ2v) is 7.53. The minimum atomic E-state index is -2.70. The number of nitrogens with one attached hydrogen (secondary N) is 2. The summed E-state index contributed by atoms with van der Waals surface area (Å²) in [5.74, 6) is 0.495. The summed E-state index contributed by atoms with van der Waals surface area (Å²) in [7, 11) is 0. The van der Waals surface area contributed by atoms with Gasteiger partial charge in [0.1, 0.15) is 5.82 Å². The lowest BCUT2D eigenvalue weighted by atomic mass is 9.67. The average molecular weight is 362 g/mol. The summed E-state index contributed by atoms with van der Waals surface area (Å²) in [5.41, 5.74) is 0.490. The van der Waals surface area contributed by atoms with Crippen molar-refractivity contribution in [3.05, 3.63) is 30.1 Å². The largest absolute Gasteiger partial charge is 0.346 e. The number of amides is 1. The van der Waals surface area contributed by atoms with Crippen molar-refractivity contribution in [2.24, 2.45) is 11.3 Å². The second kappa shape index (κ2) is 6.61. The number of nitrogens with zero attached hydrogens (tertiary/aromatic N) is 2. The predicted octanol–water partition coefficient (Wildman–Crippen LogP) is 3.39. The molecule has 1 aromatic carbocycles. The molecule has 1 aliphatic heterocycles. The molecule has 0 radical (unpaired) electrons. The molecule has 4 rings (SSSR count). The summed E-state index contributed by atoms with van der Waals surface area (Å²) < 4.78 is 28.2. The number of carbonyl (C=O) groups excluding carboxylic acids is 1. The highest BCUT2D eigenvalue weighted by Crippen LogP contribution is 2.44. The Hall–Kier alpha value is -2.02. The Labute approximate surface area is 151 Å². The third-order valence-electron chi connectivity index (χ3n) is 6.04. The molecule has 1 saturated heterocycles. The molecule has 1 saturated carbocycles. The lowest BCUT2D eigenvalue weighted by Crippen LogP contribution is -2.48. The van der Waals surface area contributed by atoms with Crippen molar-refractivity contribution >= 4 is 16.9 Å². The van der Waals surface area contributed by atoms with Gasteiger partial charge < -0.3 is 10.6 Å². The first-order chi connectivity index (χ1) is 12.5. The first-order valence-electron chi connectivity index (χ1n) is 9.29. The molecular weight excluding hydrogens is 338 g/mol. The van der Waals surface area contributed by atoms with Gasteiger partial charge in [-0.1, -0.05) is 25.0 Å². The SMILES string of the molecule is CC(NC(=O)[C@@]12CCCC[C@H]1CNC2)c1nc2ccccc2n1C(F)F. The zero-order valence-corrected chi connectivity index (χ0v) is 14.8. The quantitative estimate of drug-likeness (QED) is 0.877. The fourth-order valence-corrected chi connectivity index (χ4v) is 4.67. The molecule has 3 atom stereocenters. The second-order valence-electron chi connectivity index (χ2n) is 7.53. The van der Waals surface area contributed by atoms with E-state index in [4.69, 9.17) is 0 Å². The van der Waals surface area contributed by atoms with Crippen LogP contribution in [-0.4, -0.2) is 28.5 Å². The van der Waals surface area contributed by atoms with Gasteiger partial charge in [-0.05, 0) is 44.4 Å². The van der Waals surface area contributed by atoms with Crippen molar-refractivity contribution in [1.29, 1.82) is 0 Å². The Bertz CT molecular complexity index is 821. The smallest absolute Gasteiger partial charge is 0.320 e. The third kappa shape index (κ3) is 2.69. The molecule has 1 aliphatic carbocycles. The molecule has 2 fully saturated rings. The maximum Gasteiger partial charge on any atom is 0.320 e. The van der Waals surface area contributed by atoms with Gasteiger partial charge in [0.25, 0.3) is 0 Å². The summed E-state index contributed by atoms with van der Waals surface area (Å²) in [5, 5.41) is 6.34. The molecule has 1 unspecified atom stereocenters. The van der Waals surface area contributed by atoms with Crippen LogP contribution >= 0.6 is 0 Å². The van der Waals surface area contributed by atoms with Crippen LogP contribution in [0.1, 0.15) is 51.0 Å². The topological polar surface area (TPSA) is 59.0 Å². The van der Waals surface area contributed by atoms with Crippen LogP contribution in [-0.2, 0) is 4.79 Å². The molecule has 0 bridgehead atoms. The molecule has 2 aromatic rings. The van der Waals surface area contributed by atoms with E-state index in [1.807, 2.05) is 0 Å². The fourth-order valence-electron chi connectivity index (χ4n) is 4.67. The predicted molar refractivity (Wildman–Crippen MR) is 94.8 cm³/mol. The maximum atomic E-state index is 13.7. The van der Waals surface area contributed by atoms with Crippen molar-refractivity contribution in [1.82, 2.24) is 20.2 Å². The lowest BCUT2D eigenvalue weighted by Gasteiger charge is -2.37. The summed E-state index contributed by atoms with van der Waals surface area (Å²) in [6.07, 6.45) is 4.09. The number of benzene rings is 1. The average Bonchev–Trinajstić information content (AvgIpc) is 3.23. The number of imidazole rings is 1. The molecule has 140 valence electrons. The van der Waals surface area contributed by atoms with Crippen LogP contribution in [0.25, 0.3) is 11.0 Å². The van der Waals surface area contributed by atoms with Crippen LogP contribution in [0.2, 0.25) is 0 Å². The van der Waals surface area contributed by atoms with E-state index in [1.165, 1.54) is 0 Å². The van der Waals surface area contributed by atoms with Crippen LogP contribution in [0.4, 0.5) is 8.78 Å². The van der Waals surface area contributed by atoms with Crippen molar-refractivity contribution < 1.29 is 13.6 Å². The first-order valence-corrected chi connectivity index (χ1v) is 9.29. The third-order valence-corrected chi connectivity index (χ3v) is 6.04. The van der Waals surface area contributed by atoms with Gasteiger partial charge >= 0.3 is 6.55 Å². The number of alkyl halides is 2. The van der Waals surface area contributed by atoms with Gasteiger partial charge in [0.05, 0.1) is 22.5 Å². The van der Waals surface area contributed by atoms with Gasteiger partial charge in [-0.15, -0.1) is 0 Å². The van der Waals surface area contributed by atoms with Crippen molar-refractivity contribution in [2.75, 3.05) is 13.1 Å². The zero-order valence-electron chi connectivity index (χ0n) is 14.8. The minimum absolute atomic E-state index is 0.0347. The Balaban J connectivity index is 1.62. The number of rotatable bonds is 4. The van der Waals surface area contributed by atoms with Crippen LogP contribution in [0.3, 0.4) is 0 Å². The molecule has 26 heavy (non-hydrogen) atoms. The summed E-state index contributed by atoms with van der Waals surface area (Å²) >= 11 is 0. The van der Waals surface area contributed by atoms with Crippen LogP contribution in [0.15, 0.2) is 24.3 Å². The van der Waals surface area contributed by atoms with E-state index in [1.54, 1.807) is 31.2 Å². The van der Waals surface area contributed by atoms with E-state index < -0.39 is 18.0 Å². The molecule has 2 aliphatic rings. The van der Waals surface area contributed by atoms with Gasteiger partial charge in [-0.25, -0.2) is 4.98 Å². The lowest BCUT2D eigenvalue weighted by molar-refractivity contribution is -0.134. The fraction of sp³-hybridized carbons (Fsp3) is 0.579. The number of halogens is 2. The van der Waals surface area contributed by atoms with E-state index in [0.717, 1.165) is 36.8 Å². The monoisotopic (exact) mass is 362 g/mol. The Kier molecular flexibility index (Phi) is 4.42. The molecule has 1 aromatic heterocycles. The van der Waals surface area contributed by atoms with Gasteiger partial charge in [-0.2, -0.15) is 8.78 Å². The van der Waals surface area contributed by atoms with Gasteiger partial charge in [0.2, 0.25) is 5.91 Å². The Morgan fingerprint density at radius 2 is 2.19 bits per heavy atom. The van der Waals surface area contributed by atoms with E-state index in [-0.39, 0.29) is 11.7 Å². The molecule has 2 heterocycles. The van der Waals surface area contributed by atoms with Crippen molar-refractivity contribution in [2.45, 2.75) is 45.2 Å². The molecule has 5 nitrogen and oxygen atoms in total. The number of hydrogen-bond acceptors (Lipinski definition) is 3. The first kappa shape index (κ1) is 17.4. The number of aromatic nitrogens is 2. The Morgan fingerprint density at radius 3 is 3.00 bits per heavy atom. The standard InChI is InChI=1S/C19H24F2N4O/c1-12(16-24-14-7-2-3-8-15(14)25(16)18(20)21)23-17(26)19-9-5-4-6-13(19)10-22-11-19/h2-3,7-8,12-13,18,22H,4-6,9-11H2,1H3,(H,23,26)/t12?,13-,19+/m0/s1. The van der Waals surface area contributed by atoms with Crippen LogP contribution in [0, 0.1) is 11.3 Å². The van der Waals surface area contributed by atoms with E-state index in [9.17, 15) is 13.6 Å². The van der Waals surface area contributed by atoms with E-state index in [2.05, 4.69) is 15.6 Å². The van der Waals surface area contributed by atoms with Crippen LogP contribution < -0.4 is 10.6 Å². The molecule has 0 spiro atoms. The van der Waals surface area contributed by atoms with Gasteiger partial charge in [0.15, 0.2) is 0 Å². The highest BCUT2D eigenvalue weighted by atomic mass is 19.3. The Morgan fingerprint density at radius 1 is 1.38 bits per heavy atom. The van der Waals surface area contributed by atoms with Gasteiger partial charge in [0, 0.05) is 6.54 Å². The summed E-state index contributed by atoms with van der Waals surface area (Å²) in [4.78, 5) is 17.5. The normalized spacial score (nSPS) is 26.8. The molecule has 2 N–H and O–H groups in total.